The molecule has 3 N–H and O–H groups in total. The van der Waals surface area contributed by atoms with Crippen molar-refractivity contribution in [2.24, 2.45) is 0 Å². The molecule has 2 aromatic rings. The van der Waals surface area contributed by atoms with Crippen LogP contribution in [0.5, 0.6) is 5.75 Å². The Morgan fingerprint density at radius 3 is 2.47 bits per heavy atom. The molecule has 2 rings (SSSR count). The highest BCUT2D eigenvalue weighted by Crippen LogP contribution is 2.11. The fraction of sp³-hybridized carbons (Fsp3) is 0.304. The van der Waals surface area contributed by atoms with Crippen molar-refractivity contribution in [2.45, 2.75) is 32.6 Å². The number of nitrogens with one attached hydrogen (secondary N) is 3. The van der Waals surface area contributed by atoms with Gasteiger partial charge in [0.1, 0.15) is 5.75 Å². The van der Waals surface area contributed by atoms with Crippen LogP contribution in [-0.2, 0) is 25.5 Å². The van der Waals surface area contributed by atoms with Crippen LogP contribution in [0.1, 0.15) is 30.4 Å². The highest BCUT2D eigenvalue weighted by molar-refractivity contribution is 7.80. The standard InChI is InChI=1S/C23H27N3O5S/c1-17-7-5-11-19(15-17)31-16-21(28)25-26-23(32)24-20(27)12-13-22(29)30-14-6-10-18-8-3-2-4-9-18/h2-5,7-9,11,15H,6,10,12-14,16H2,1H3,(H,25,28)(H2,24,26,27,32). The molecule has 0 fully saturated rings. The molecule has 0 aliphatic heterocycles. The summed E-state index contributed by atoms with van der Waals surface area (Å²) in [6.45, 7) is 2.00. The molecule has 32 heavy (non-hydrogen) atoms. The minimum atomic E-state index is -0.470. The van der Waals surface area contributed by atoms with Gasteiger partial charge in [-0.25, -0.2) is 0 Å². The van der Waals surface area contributed by atoms with E-state index >= 15 is 0 Å². The average Bonchev–Trinajstić information content (AvgIpc) is 2.78. The first kappa shape index (κ1) is 24.8. The van der Waals surface area contributed by atoms with Gasteiger partial charge >= 0.3 is 5.97 Å². The summed E-state index contributed by atoms with van der Waals surface area (Å²) in [7, 11) is 0. The van der Waals surface area contributed by atoms with Crippen molar-refractivity contribution in [2.75, 3.05) is 13.2 Å². The summed E-state index contributed by atoms with van der Waals surface area (Å²) in [6.07, 6.45) is 1.39. The molecule has 0 saturated carbocycles. The summed E-state index contributed by atoms with van der Waals surface area (Å²) < 4.78 is 10.5. The van der Waals surface area contributed by atoms with Gasteiger partial charge in [0.25, 0.3) is 5.91 Å². The monoisotopic (exact) mass is 457 g/mol. The number of ether oxygens (including phenoxy) is 2. The molecule has 0 saturated heterocycles. The van der Waals surface area contributed by atoms with Gasteiger partial charge in [0, 0.05) is 6.42 Å². The molecule has 0 unspecified atom stereocenters. The molecule has 0 spiro atoms. The molecule has 9 heteroatoms. The van der Waals surface area contributed by atoms with Gasteiger partial charge in [0.05, 0.1) is 13.0 Å². The van der Waals surface area contributed by atoms with Crippen LogP contribution >= 0.6 is 12.2 Å². The highest BCUT2D eigenvalue weighted by atomic mass is 32.1. The zero-order valence-corrected chi connectivity index (χ0v) is 18.7. The van der Waals surface area contributed by atoms with Gasteiger partial charge in [0.2, 0.25) is 5.91 Å². The molecule has 0 aliphatic carbocycles. The summed E-state index contributed by atoms with van der Waals surface area (Å²) in [5, 5.41) is 2.29. The number of rotatable bonds is 10. The van der Waals surface area contributed by atoms with Crippen molar-refractivity contribution in [3.63, 3.8) is 0 Å². The van der Waals surface area contributed by atoms with Crippen molar-refractivity contribution >= 4 is 35.1 Å². The molecule has 0 bridgehead atoms. The zero-order chi connectivity index (χ0) is 23.2. The number of thiocarbonyl (C=S) groups is 1. The van der Waals surface area contributed by atoms with Gasteiger partial charge < -0.3 is 14.8 Å². The van der Waals surface area contributed by atoms with Crippen LogP contribution < -0.4 is 20.9 Å². The smallest absolute Gasteiger partial charge is 0.306 e. The Bertz CT molecular complexity index is 921. The Labute approximate surface area is 192 Å². The minimum Gasteiger partial charge on any atom is -0.484 e. The second-order valence-corrected chi connectivity index (χ2v) is 7.37. The van der Waals surface area contributed by atoms with E-state index in [1.807, 2.05) is 49.4 Å². The molecule has 8 nitrogen and oxygen atoms in total. The number of amides is 2. The van der Waals surface area contributed by atoms with Gasteiger partial charge in [-0.1, -0.05) is 42.5 Å². The number of hydrazine groups is 1. The van der Waals surface area contributed by atoms with Crippen LogP contribution in [-0.4, -0.2) is 36.1 Å². The van der Waals surface area contributed by atoms with E-state index in [-0.39, 0.29) is 24.6 Å². The summed E-state index contributed by atoms with van der Waals surface area (Å²) in [6, 6.07) is 17.2. The molecule has 0 aromatic heterocycles. The topological polar surface area (TPSA) is 106 Å². The van der Waals surface area contributed by atoms with Crippen molar-refractivity contribution in [3.05, 3.63) is 65.7 Å². The number of hydrogen-bond donors (Lipinski definition) is 3. The molecular weight excluding hydrogens is 430 g/mol. The molecule has 0 radical (unpaired) electrons. The Balaban J connectivity index is 1.52. The lowest BCUT2D eigenvalue weighted by Gasteiger charge is -2.11. The molecule has 0 atom stereocenters. The Kier molecular flexibility index (Phi) is 10.7. The molecular formula is C23H27N3O5S. The summed E-state index contributed by atoms with van der Waals surface area (Å²) >= 11 is 4.94. The van der Waals surface area contributed by atoms with E-state index in [0.717, 1.165) is 12.0 Å². The number of hydrogen-bond acceptors (Lipinski definition) is 6. The van der Waals surface area contributed by atoms with Gasteiger partial charge in [-0.3, -0.25) is 25.2 Å². The summed E-state index contributed by atoms with van der Waals surface area (Å²) in [5.74, 6) is -0.812. The SMILES string of the molecule is Cc1cccc(OCC(=O)NNC(=S)NC(=O)CCC(=O)OCCCc2ccccc2)c1. The highest BCUT2D eigenvalue weighted by Gasteiger charge is 2.10. The average molecular weight is 458 g/mol. The van der Waals surface area contributed by atoms with Crippen LogP contribution in [0.3, 0.4) is 0 Å². The fourth-order valence-electron chi connectivity index (χ4n) is 2.63. The van der Waals surface area contributed by atoms with Gasteiger partial charge in [-0.2, -0.15) is 0 Å². The predicted octanol–water partition coefficient (Wildman–Crippen LogP) is 2.35. The van der Waals surface area contributed by atoms with E-state index in [1.165, 1.54) is 5.56 Å². The van der Waals surface area contributed by atoms with E-state index in [4.69, 9.17) is 21.7 Å². The summed E-state index contributed by atoms with van der Waals surface area (Å²) in [4.78, 5) is 35.4. The lowest BCUT2D eigenvalue weighted by Crippen LogP contribution is -2.49. The molecule has 0 heterocycles. The molecule has 170 valence electrons. The van der Waals surface area contributed by atoms with Crippen LogP contribution in [0.2, 0.25) is 0 Å². The van der Waals surface area contributed by atoms with Crippen LogP contribution in [0.25, 0.3) is 0 Å². The molecule has 0 aliphatic rings. The van der Waals surface area contributed by atoms with Crippen LogP contribution in [0.4, 0.5) is 0 Å². The number of carbonyl (C=O) groups is 3. The second-order valence-electron chi connectivity index (χ2n) is 6.97. The quantitative estimate of drug-likeness (QED) is 0.218. The van der Waals surface area contributed by atoms with Gasteiger partial charge in [-0.05, 0) is 55.2 Å². The number of carbonyl (C=O) groups excluding carboxylic acids is 3. The van der Waals surface area contributed by atoms with Crippen molar-refractivity contribution < 1.29 is 23.9 Å². The number of benzene rings is 2. The van der Waals surface area contributed by atoms with Gasteiger partial charge in [-0.15, -0.1) is 0 Å². The zero-order valence-electron chi connectivity index (χ0n) is 17.9. The first-order valence-corrected chi connectivity index (χ1v) is 10.6. The van der Waals surface area contributed by atoms with Crippen molar-refractivity contribution in [1.82, 2.24) is 16.2 Å². The largest absolute Gasteiger partial charge is 0.484 e. The Hall–Kier alpha value is -3.46. The maximum atomic E-state index is 11.9. The maximum absolute atomic E-state index is 11.9. The normalized spacial score (nSPS) is 10.0. The minimum absolute atomic E-state index is 0.0591. The maximum Gasteiger partial charge on any atom is 0.306 e. The Morgan fingerprint density at radius 2 is 1.72 bits per heavy atom. The Morgan fingerprint density at radius 1 is 0.938 bits per heavy atom. The number of esters is 1. The van der Waals surface area contributed by atoms with Crippen LogP contribution in [0, 0.1) is 6.92 Å². The van der Waals surface area contributed by atoms with E-state index in [9.17, 15) is 14.4 Å². The number of aryl methyl sites for hydroxylation is 2. The van der Waals surface area contributed by atoms with Crippen molar-refractivity contribution in [1.29, 1.82) is 0 Å². The second kappa shape index (κ2) is 13.8. The lowest BCUT2D eigenvalue weighted by atomic mass is 10.1. The van der Waals surface area contributed by atoms with Crippen LogP contribution in [0.15, 0.2) is 54.6 Å². The van der Waals surface area contributed by atoms with E-state index in [2.05, 4.69) is 16.2 Å². The predicted molar refractivity (Wildman–Crippen MR) is 124 cm³/mol. The molecule has 2 amide bonds. The van der Waals surface area contributed by atoms with E-state index in [0.29, 0.717) is 18.8 Å². The summed E-state index contributed by atoms with van der Waals surface area (Å²) in [5.41, 5.74) is 6.93. The van der Waals surface area contributed by atoms with Gasteiger partial charge in [0.15, 0.2) is 11.7 Å². The third-order valence-electron chi connectivity index (χ3n) is 4.20. The first-order chi connectivity index (χ1) is 15.4. The van der Waals surface area contributed by atoms with Crippen molar-refractivity contribution in [3.8, 4) is 5.75 Å². The first-order valence-electron chi connectivity index (χ1n) is 10.2. The van der Waals surface area contributed by atoms with E-state index in [1.54, 1.807) is 12.1 Å². The third-order valence-corrected chi connectivity index (χ3v) is 4.40. The molecule has 2 aromatic carbocycles. The van der Waals surface area contributed by atoms with E-state index < -0.39 is 17.8 Å². The lowest BCUT2D eigenvalue weighted by molar-refractivity contribution is -0.145. The third kappa shape index (κ3) is 10.5. The fourth-order valence-corrected chi connectivity index (χ4v) is 2.80.